The second kappa shape index (κ2) is 12.3. The van der Waals surface area contributed by atoms with Gasteiger partial charge >= 0.3 is 7.60 Å². The molecule has 0 aliphatic carbocycles. The highest BCUT2D eigenvalue weighted by atomic mass is 31.2. The van der Waals surface area contributed by atoms with Gasteiger partial charge in [-0.3, -0.25) is 4.57 Å². The summed E-state index contributed by atoms with van der Waals surface area (Å²) in [6.45, 7) is 2.91. The van der Waals surface area contributed by atoms with Crippen LogP contribution in [-0.4, -0.2) is 22.5 Å². The number of unbranched alkanes of at least 4 members (excludes halogenated alkanes) is 3. The van der Waals surface area contributed by atoms with E-state index < -0.39 is 7.60 Å². The first kappa shape index (κ1) is 24.7. The summed E-state index contributed by atoms with van der Waals surface area (Å²) >= 11 is 0. The van der Waals surface area contributed by atoms with Gasteiger partial charge in [-0.05, 0) is 86.0 Å². The van der Waals surface area contributed by atoms with Gasteiger partial charge in [0.2, 0.25) is 0 Å². The molecule has 0 bridgehead atoms. The van der Waals surface area contributed by atoms with Crippen molar-refractivity contribution in [2.45, 2.75) is 58.4 Å². The van der Waals surface area contributed by atoms with E-state index in [0.29, 0.717) is 25.9 Å². The van der Waals surface area contributed by atoms with Gasteiger partial charge in [0.15, 0.2) is 0 Å². The molecule has 2 aromatic rings. The van der Waals surface area contributed by atoms with Crippen LogP contribution in [0.2, 0.25) is 0 Å². The lowest BCUT2D eigenvalue weighted by Crippen LogP contribution is -2.17. The molecule has 0 unspecified atom stereocenters. The minimum atomic E-state index is -3.95. The molecule has 30 heavy (non-hydrogen) atoms. The molecule has 0 atom stereocenters. The van der Waals surface area contributed by atoms with E-state index in [9.17, 15) is 13.3 Å². The summed E-state index contributed by atoms with van der Waals surface area (Å²) in [6, 6.07) is 10.1. The fourth-order valence-electron chi connectivity index (χ4n) is 3.45. The smallest absolute Gasteiger partial charge is 0.324 e. The Labute approximate surface area is 177 Å². The Hall–Kier alpha value is -1.59. The highest BCUT2D eigenvalue weighted by molar-refractivity contribution is 7.51. The number of hydrogen-bond donors (Lipinski definition) is 3. The first-order valence-electron chi connectivity index (χ1n) is 10.5. The number of hydrogen-bond acceptors (Lipinski definition) is 2. The molecule has 0 spiro atoms. The molecule has 0 fully saturated rings. The summed E-state index contributed by atoms with van der Waals surface area (Å²) in [5.41, 5.74) is 3.76. The summed E-state index contributed by atoms with van der Waals surface area (Å²) in [7, 11) is -3.95. The molecule has 166 valence electrons. The summed E-state index contributed by atoms with van der Waals surface area (Å²) in [5, 5.41) is 3.11. The zero-order valence-electron chi connectivity index (χ0n) is 17.5. The summed E-state index contributed by atoms with van der Waals surface area (Å²) in [4.78, 5) is 17.7. The zero-order valence-corrected chi connectivity index (χ0v) is 18.4. The highest BCUT2D eigenvalue weighted by Crippen LogP contribution is 2.34. The van der Waals surface area contributed by atoms with Crippen LogP contribution in [0.25, 0.3) is 0 Å². The Kier molecular flexibility index (Phi) is 10.1. The quantitative estimate of drug-likeness (QED) is 0.294. The van der Waals surface area contributed by atoms with Crippen LogP contribution in [0, 0.1) is 18.6 Å². The fraction of sp³-hybridized carbons (Fsp3) is 0.478. The fourth-order valence-corrected chi connectivity index (χ4v) is 4.02. The normalized spacial score (nSPS) is 11.8. The maximum Gasteiger partial charge on any atom is 0.325 e. The first-order chi connectivity index (χ1) is 14.2. The molecule has 7 heteroatoms. The van der Waals surface area contributed by atoms with E-state index in [1.54, 1.807) is 6.07 Å². The van der Waals surface area contributed by atoms with E-state index in [4.69, 9.17) is 9.79 Å². The second-order valence-electron chi connectivity index (χ2n) is 7.83. The summed E-state index contributed by atoms with van der Waals surface area (Å²) in [5.74, 6) is -0.406. The third kappa shape index (κ3) is 9.48. The van der Waals surface area contributed by atoms with Gasteiger partial charge in [-0.25, -0.2) is 8.78 Å². The van der Waals surface area contributed by atoms with Crippen molar-refractivity contribution in [1.29, 1.82) is 0 Å². The minimum absolute atomic E-state index is 0.143. The topological polar surface area (TPSA) is 69.6 Å². The van der Waals surface area contributed by atoms with Gasteiger partial charge in [-0.1, -0.05) is 31.0 Å². The SMILES string of the molecule is Cc1cc(CCCCCCc2ccc(F)cc2)c(F)cc1CNCCCP(=O)(O)O. The van der Waals surface area contributed by atoms with Gasteiger partial charge in [0.25, 0.3) is 0 Å². The number of halogens is 2. The predicted molar refractivity (Wildman–Crippen MR) is 117 cm³/mol. The average molecular weight is 439 g/mol. The van der Waals surface area contributed by atoms with Crippen LogP contribution in [0.4, 0.5) is 8.78 Å². The molecule has 0 saturated carbocycles. The Morgan fingerprint density at radius 2 is 1.57 bits per heavy atom. The monoisotopic (exact) mass is 439 g/mol. The van der Waals surface area contributed by atoms with Crippen molar-refractivity contribution in [1.82, 2.24) is 5.32 Å². The van der Waals surface area contributed by atoms with Crippen LogP contribution >= 0.6 is 7.60 Å². The third-order valence-electron chi connectivity index (χ3n) is 5.20. The Balaban J connectivity index is 1.67. The molecule has 0 heterocycles. The van der Waals surface area contributed by atoms with E-state index in [0.717, 1.165) is 54.4 Å². The van der Waals surface area contributed by atoms with Gasteiger partial charge in [0.05, 0.1) is 6.16 Å². The molecule has 0 amide bonds. The molecule has 2 aromatic carbocycles. The lowest BCUT2D eigenvalue weighted by molar-refractivity contribution is 0.371. The van der Waals surface area contributed by atoms with E-state index in [2.05, 4.69) is 5.32 Å². The highest BCUT2D eigenvalue weighted by Gasteiger charge is 2.11. The van der Waals surface area contributed by atoms with E-state index in [-0.39, 0.29) is 17.8 Å². The molecule has 4 nitrogen and oxygen atoms in total. The van der Waals surface area contributed by atoms with E-state index >= 15 is 0 Å². The number of aryl methyl sites for hydroxylation is 3. The van der Waals surface area contributed by atoms with Crippen LogP contribution < -0.4 is 5.32 Å². The zero-order chi connectivity index (χ0) is 22.0. The Morgan fingerprint density at radius 1 is 0.900 bits per heavy atom. The predicted octanol–water partition coefficient (Wildman–Crippen LogP) is 5.28. The number of nitrogens with one attached hydrogen (secondary N) is 1. The Bertz CT molecular complexity index is 837. The van der Waals surface area contributed by atoms with Crippen molar-refractivity contribution in [3.05, 3.63) is 70.3 Å². The van der Waals surface area contributed by atoms with Crippen molar-refractivity contribution < 1.29 is 23.1 Å². The third-order valence-corrected chi connectivity index (χ3v) is 6.10. The van der Waals surface area contributed by atoms with Crippen molar-refractivity contribution >= 4 is 7.60 Å². The van der Waals surface area contributed by atoms with Crippen molar-refractivity contribution in [2.24, 2.45) is 0 Å². The van der Waals surface area contributed by atoms with Gasteiger partial charge in [0, 0.05) is 6.54 Å². The number of benzene rings is 2. The molecule has 0 radical (unpaired) electrons. The lowest BCUT2D eigenvalue weighted by Gasteiger charge is -2.12. The maximum atomic E-state index is 14.4. The molecular weight excluding hydrogens is 407 g/mol. The van der Waals surface area contributed by atoms with Gasteiger partial charge < -0.3 is 15.1 Å². The number of rotatable bonds is 13. The van der Waals surface area contributed by atoms with E-state index in [1.807, 2.05) is 25.1 Å². The van der Waals surface area contributed by atoms with Crippen LogP contribution in [0.15, 0.2) is 36.4 Å². The average Bonchev–Trinajstić information content (AvgIpc) is 2.68. The van der Waals surface area contributed by atoms with Gasteiger partial charge in [-0.2, -0.15) is 0 Å². The molecule has 0 aliphatic heterocycles. The first-order valence-corrected chi connectivity index (χ1v) is 12.3. The molecule has 0 aromatic heterocycles. The largest absolute Gasteiger partial charge is 0.325 e. The lowest BCUT2D eigenvalue weighted by atomic mass is 9.99. The maximum absolute atomic E-state index is 14.4. The van der Waals surface area contributed by atoms with Gasteiger partial charge in [-0.15, -0.1) is 0 Å². The van der Waals surface area contributed by atoms with E-state index in [1.165, 1.54) is 12.1 Å². The van der Waals surface area contributed by atoms with Gasteiger partial charge in [0.1, 0.15) is 11.6 Å². The van der Waals surface area contributed by atoms with Crippen LogP contribution in [0.5, 0.6) is 0 Å². The molecule has 2 rings (SSSR count). The van der Waals surface area contributed by atoms with Crippen LogP contribution in [0.3, 0.4) is 0 Å². The molecule has 0 saturated heterocycles. The van der Waals surface area contributed by atoms with Crippen LogP contribution in [0.1, 0.15) is 54.4 Å². The standard InChI is InChI=1S/C23H32F2NO3P/c1-18-15-20(8-5-3-2-4-7-19-9-11-22(24)12-10-19)23(25)16-21(18)17-26-13-6-14-30(27,28)29/h9-12,15-16,26H,2-8,13-14,17H2,1H3,(H2,27,28,29). The van der Waals surface area contributed by atoms with Crippen LogP contribution in [-0.2, 0) is 24.0 Å². The van der Waals surface area contributed by atoms with Crippen molar-refractivity contribution in [3.63, 3.8) is 0 Å². The summed E-state index contributed by atoms with van der Waals surface area (Å²) < 4.78 is 38.1. The molecule has 0 aliphatic rings. The molecular formula is C23H32F2NO3P. The molecule has 3 N–H and O–H groups in total. The summed E-state index contributed by atoms with van der Waals surface area (Å²) in [6.07, 6.45) is 5.95. The minimum Gasteiger partial charge on any atom is -0.324 e. The second-order valence-corrected chi connectivity index (χ2v) is 9.61. The van der Waals surface area contributed by atoms with Crippen molar-refractivity contribution in [3.8, 4) is 0 Å². The van der Waals surface area contributed by atoms with Crippen molar-refractivity contribution in [2.75, 3.05) is 12.7 Å². The Morgan fingerprint density at radius 3 is 2.23 bits per heavy atom.